The zero-order valence-corrected chi connectivity index (χ0v) is 17.0. The van der Waals surface area contributed by atoms with E-state index in [-0.39, 0.29) is 4.90 Å². The van der Waals surface area contributed by atoms with E-state index in [1.165, 1.54) is 22.5 Å². The van der Waals surface area contributed by atoms with Gasteiger partial charge in [-0.05, 0) is 50.8 Å². The van der Waals surface area contributed by atoms with Crippen molar-refractivity contribution in [3.63, 3.8) is 0 Å². The Kier molecular flexibility index (Phi) is 6.29. The molecule has 0 radical (unpaired) electrons. The summed E-state index contributed by atoms with van der Waals surface area (Å²) in [5.74, 6) is 0.708. The van der Waals surface area contributed by atoms with E-state index in [1.54, 1.807) is 17.8 Å². The average Bonchev–Trinajstić information content (AvgIpc) is 2.64. The fourth-order valence-electron chi connectivity index (χ4n) is 2.84. The number of sulfonamides is 1. The molecule has 27 heavy (non-hydrogen) atoms. The van der Waals surface area contributed by atoms with E-state index in [4.69, 9.17) is 4.74 Å². The van der Waals surface area contributed by atoms with E-state index in [1.807, 2.05) is 26.2 Å². The number of hydrogen-bond acceptors (Lipinski definition) is 5. The first-order chi connectivity index (χ1) is 12.9. The topological polar surface area (TPSA) is 49.9 Å². The summed E-state index contributed by atoms with van der Waals surface area (Å²) in [7, 11) is 0.177. The molecule has 0 aromatic heterocycles. The molecule has 0 spiro atoms. The Balaban J connectivity index is 1.85. The lowest BCUT2D eigenvalue weighted by molar-refractivity contribution is 0.281. The lowest BCUT2D eigenvalue weighted by Crippen LogP contribution is -2.35. The second-order valence-corrected chi connectivity index (χ2v) is 9.52. The van der Waals surface area contributed by atoms with Crippen LogP contribution in [0.4, 0.5) is 10.1 Å². The van der Waals surface area contributed by atoms with Crippen molar-refractivity contribution >= 4 is 27.5 Å². The lowest BCUT2D eigenvalue weighted by atomic mass is 10.3. The molecule has 0 aliphatic carbocycles. The number of fused-ring (bicyclic) bond motifs is 1. The van der Waals surface area contributed by atoms with Gasteiger partial charge in [-0.1, -0.05) is 6.07 Å². The van der Waals surface area contributed by atoms with Gasteiger partial charge in [0.1, 0.15) is 11.6 Å². The van der Waals surface area contributed by atoms with Gasteiger partial charge in [0.2, 0.25) is 0 Å². The fourth-order valence-corrected chi connectivity index (χ4v) is 5.49. The Bertz CT molecular complexity index is 904. The number of nitrogens with zero attached hydrogens (tertiary/aromatic N) is 2. The van der Waals surface area contributed by atoms with Gasteiger partial charge in [0.25, 0.3) is 10.0 Å². The molecule has 3 rings (SSSR count). The lowest BCUT2D eigenvalue weighted by Gasteiger charge is -2.30. The summed E-state index contributed by atoms with van der Waals surface area (Å²) < 4.78 is 46.8. The van der Waals surface area contributed by atoms with Crippen LogP contribution in [0.1, 0.15) is 6.42 Å². The zero-order chi connectivity index (χ0) is 19.4. The summed E-state index contributed by atoms with van der Waals surface area (Å²) in [6.07, 6.45) is 0.879. The SMILES string of the molecule is CN(C)CCCOc1ccc2c(c1)N(S(=O)(=O)c1cccc(F)c1)CCS2. The predicted octanol–water partition coefficient (Wildman–Crippen LogP) is 3.46. The van der Waals surface area contributed by atoms with Crippen LogP contribution in [-0.4, -0.2) is 52.9 Å². The number of thioether (sulfide) groups is 1. The molecule has 8 heteroatoms. The van der Waals surface area contributed by atoms with Gasteiger partial charge in [0.15, 0.2) is 0 Å². The van der Waals surface area contributed by atoms with E-state index in [0.717, 1.165) is 23.9 Å². The van der Waals surface area contributed by atoms with E-state index < -0.39 is 15.8 Å². The van der Waals surface area contributed by atoms with Crippen molar-refractivity contribution in [3.8, 4) is 5.75 Å². The van der Waals surface area contributed by atoms with E-state index in [9.17, 15) is 12.8 Å². The van der Waals surface area contributed by atoms with E-state index in [0.29, 0.717) is 30.3 Å². The van der Waals surface area contributed by atoms with Gasteiger partial charge in [-0.15, -0.1) is 11.8 Å². The van der Waals surface area contributed by atoms with Crippen LogP contribution in [0.2, 0.25) is 0 Å². The van der Waals surface area contributed by atoms with Crippen molar-refractivity contribution in [1.82, 2.24) is 4.90 Å². The number of benzene rings is 2. The molecule has 1 heterocycles. The number of hydrogen-bond donors (Lipinski definition) is 0. The average molecular weight is 411 g/mol. The molecule has 5 nitrogen and oxygen atoms in total. The zero-order valence-electron chi connectivity index (χ0n) is 15.4. The van der Waals surface area contributed by atoms with Crippen molar-refractivity contribution in [3.05, 3.63) is 48.3 Å². The molecule has 0 saturated heterocycles. The number of ether oxygens (including phenoxy) is 1. The normalized spacial score (nSPS) is 14.3. The molecule has 1 aliphatic rings. The van der Waals surface area contributed by atoms with Crippen LogP contribution in [0.3, 0.4) is 0 Å². The molecule has 1 aliphatic heterocycles. The predicted molar refractivity (Wildman–Crippen MR) is 107 cm³/mol. The second-order valence-electron chi connectivity index (χ2n) is 6.52. The van der Waals surface area contributed by atoms with Crippen LogP contribution in [0.5, 0.6) is 5.75 Å². The second kappa shape index (κ2) is 8.50. The number of rotatable bonds is 7. The third-order valence-electron chi connectivity index (χ3n) is 4.15. The number of anilines is 1. The molecule has 0 saturated carbocycles. The van der Waals surface area contributed by atoms with Crippen LogP contribution < -0.4 is 9.04 Å². The fraction of sp³-hybridized carbons (Fsp3) is 0.368. The third-order valence-corrected chi connectivity index (χ3v) is 7.01. The van der Waals surface area contributed by atoms with Gasteiger partial charge in [0.05, 0.1) is 17.2 Å². The van der Waals surface area contributed by atoms with Crippen molar-refractivity contribution in [2.24, 2.45) is 0 Å². The Morgan fingerprint density at radius 2 is 2.04 bits per heavy atom. The largest absolute Gasteiger partial charge is 0.493 e. The maximum Gasteiger partial charge on any atom is 0.264 e. The van der Waals surface area contributed by atoms with Crippen LogP contribution in [0.15, 0.2) is 52.3 Å². The van der Waals surface area contributed by atoms with Crippen molar-refractivity contribution in [2.75, 3.05) is 43.8 Å². The van der Waals surface area contributed by atoms with Crippen LogP contribution >= 0.6 is 11.8 Å². The first-order valence-electron chi connectivity index (χ1n) is 8.70. The molecular weight excluding hydrogens is 387 g/mol. The van der Waals surface area contributed by atoms with Crippen LogP contribution in [-0.2, 0) is 10.0 Å². The highest BCUT2D eigenvalue weighted by atomic mass is 32.2. The maximum atomic E-state index is 13.5. The minimum Gasteiger partial charge on any atom is -0.493 e. The summed E-state index contributed by atoms with van der Waals surface area (Å²) in [4.78, 5) is 2.92. The number of halogens is 1. The molecule has 0 amide bonds. The van der Waals surface area contributed by atoms with Crippen LogP contribution in [0.25, 0.3) is 0 Å². The summed E-state index contributed by atoms with van der Waals surface area (Å²) in [5.41, 5.74) is 0.584. The maximum absolute atomic E-state index is 13.5. The minimum atomic E-state index is -3.83. The van der Waals surface area contributed by atoms with Gasteiger partial charge >= 0.3 is 0 Å². The van der Waals surface area contributed by atoms with Crippen molar-refractivity contribution < 1.29 is 17.5 Å². The van der Waals surface area contributed by atoms with Gasteiger partial charge < -0.3 is 9.64 Å². The van der Waals surface area contributed by atoms with Gasteiger partial charge in [-0.3, -0.25) is 4.31 Å². The first-order valence-corrected chi connectivity index (χ1v) is 11.1. The van der Waals surface area contributed by atoms with Crippen LogP contribution in [0, 0.1) is 5.82 Å². The first kappa shape index (κ1) is 20.0. The van der Waals surface area contributed by atoms with Crippen molar-refractivity contribution in [2.45, 2.75) is 16.2 Å². The van der Waals surface area contributed by atoms with E-state index in [2.05, 4.69) is 4.90 Å². The highest BCUT2D eigenvalue weighted by molar-refractivity contribution is 8.00. The molecule has 0 bridgehead atoms. The summed E-state index contributed by atoms with van der Waals surface area (Å²) in [6.45, 7) is 1.81. The molecule has 0 N–H and O–H groups in total. The van der Waals surface area contributed by atoms with Crippen molar-refractivity contribution in [1.29, 1.82) is 0 Å². The molecule has 2 aromatic carbocycles. The summed E-state index contributed by atoms with van der Waals surface area (Å²) in [5, 5.41) is 0. The minimum absolute atomic E-state index is 0.0438. The highest BCUT2D eigenvalue weighted by Crippen LogP contribution is 2.40. The molecular formula is C19H23FN2O3S2. The molecule has 0 atom stereocenters. The molecule has 146 valence electrons. The smallest absolute Gasteiger partial charge is 0.264 e. The third kappa shape index (κ3) is 4.75. The summed E-state index contributed by atoms with van der Waals surface area (Å²) >= 11 is 1.61. The molecule has 0 unspecified atom stereocenters. The quantitative estimate of drug-likeness (QED) is 0.655. The Hall–Kier alpha value is -1.77. The van der Waals surface area contributed by atoms with Gasteiger partial charge in [0, 0.05) is 29.8 Å². The monoisotopic (exact) mass is 410 g/mol. The molecule has 2 aromatic rings. The Morgan fingerprint density at radius 3 is 2.78 bits per heavy atom. The molecule has 0 fully saturated rings. The van der Waals surface area contributed by atoms with Gasteiger partial charge in [-0.25, -0.2) is 12.8 Å². The van der Waals surface area contributed by atoms with Gasteiger partial charge in [-0.2, -0.15) is 0 Å². The standard InChI is InChI=1S/C19H23FN2O3S2/c1-21(2)9-4-11-25-16-7-8-19-18(14-16)22(10-12-26-19)27(23,24)17-6-3-5-15(20)13-17/h3,5-8,13-14H,4,9-12H2,1-2H3. The Labute approximate surface area is 164 Å². The van der Waals surface area contributed by atoms with E-state index >= 15 is 0 Å². The summed E-state index contributed by atoms with van der Waals surface area (Å²) in [6, 6.07) is 10.6. The Morgan fingerprint density at radius 1 is 1.22 bits per heavy atom. The highest BCUT2D eigenvalue weighted by Gasteiger charge is 2.30.